The van der Waals surface area contributed by atoms with E-state index in [1.807, 2.05) is 0 Å². The van der Waals surface area contributed by atoms with E-state index in [0.29, 0.717) is 24.6 Å². The summed E-state index contributed by atoms with van der Waals surface area (Å²) in [5.74, 6) is -2.16. The van der Waals surface area contributed by atoms with Crippen molar-refractivity contribution in [1.29, 1.82) is 0 Å². The van der Waals surface area contributed by atoms with Crippen LogP contribution in [0, 0.1) is 11.6 Å². The zero-order valence-corrected chi connectivity index (χ0v) is 12.4. The van der Waals surface area contributed by atoms with Gasteiger partial charge in [-0.25, -0.2) is 25.6 Å². The SMILES string of the molecule is CS(=O)(=O)N(c1cc(F)c(Br)cc1F)S(C)(=O)=O. The molecule has 18 heavy (non-hydrogen) atoms. The van der Waals surface area contributed by atoms with Crippen molar-refractivity contribution < 1.29 is 25.6 Å². The van der Waals surface area contributed by atoms with E-state index >= 15 is 0 Å². The molecule has 1 rings (SSSR count). The topological polar surface area (TPSA) is 71.5 Å². The smallest absolute Gasteiger partial charge is 0.206 e. The van der Waals surface area contributed by atoms with Crippen molar-refractivity contribution in [3.8, 4) is 0 Å². The molecule has 0 amide bonds. The summed E-state index contributed by atoms with van der Waals surface area (Å²) < 4.78 is 71.9. The Bertz CT molecular complexity index is 655. The number of nitrogens with zero attached hydrogens (tertiary/aromatic N) is 1. The Balaban J connectivity index is 3.66. The van der Waals surface area contributed by atoms with Crippen LogP contribution in [0.2, 0.25) is 0 Å². The molecule has 0 aliphatic carbocycles. The molecule has 0 radical (unpaired) electrons. The van der Waals surface area contributed by atoms with Gasteiger partial charge in [-0.2, -0.15) is 3.71 Å². The Kier molecular flexibility index (Phi) is 4.03. The Morgan fingerprint density at radius 1 is 1.00 bits per heavy atom. The summed E-state index contributed by atoms with van der Waals surface area (Å²) in [6.45, 7) is 0. The second kappa shape index (κ2) is 4.74. The Morgan fingerprint density at radius 2 is 1.44 bits per heavy atom. The van der Waals surface area contributed by atoms with E-state index in [1.54, 1.807) is 0 Å². The van der Waals surface area contributed by atoms with Crippen LogP contribution in [0.3, 0.4) is 0 Å². The normalized spacial score (nSPS) is 12.5. The number of anilines is 1. The van der Waals surface area contributed by atoms with E-state index in [4.69, 9.17) is 0 Å². The van der Waals surface area contributed by atoms with Gasteiger partial charge < -0.3 is 0 Å². The molecule has 0 bridgehead atoms. The summed E-state index contributed by atoms with van der Waals surface area (Å²) in [5.41, 5.74) is -0.888. The minimum Gasteiger partial charge on any atom is -0.206 e. The van der Waals surface area contributed by atoms with Gasteiger partial charge in [-0.05, 0) is 22.0 Å². The predicted octanol–water partition coefficient (Wildman–Crippen LogP) is 1.45. The van der Waals surface area contributed by atoms with Gasteiger partial charge in [-0.1, -0.05) is 0 Å². The van der Waals surface area contributed by atoms with Crippen LogP contribution in [0.5, 0.6) is 0 Å². The van der Waals surface area contributed by atoms with Gasteiger partial charge in [0.1, 0.15) is 17.3 Å². The van der Waals surface area contributed by atoms with Crippen LogP contribution >= 0.6 is 15.9 Å². The Labute approximate surface area is 112 Å². The van der Waals surface area contributed by atoms with E-state index in [9.17, 15) is 25.6 Å². The van der Waals surface area contributed by atoms with Crippen LogP contribution in [0.25, 0.3) is 0 Å². The first kappa shape index (κ1) is 15.3. The zero-order chi connectivity index (χ0) is 14.3. The molecule has 1 aromatic carbocycles. The van der Waals surface area contributed by atoms with Gasteiger partial charge in [0.15, 0.2) is 0 Å². The molecule has 0 N–H and O–H groups in total. The highest BCUT2D eigenvalue weighted by atomic mass is 79.9. The maximum absolute atomic E-state index is 13.6. The van der Waals surface area contributed by atoms with Crippen molar-refractivity contribution in [1.82, 2.24) is 0 Å². The molecule has 0 saturated heterocycles. The molecule has 5 nitrogen and oxygen atoms in total. The number of halogens is 3. The third kappa shape index (κ3) is 3.18. The van der Waals surface area contributed by atoms with Crippen LogP contribution in [0.1, 0.15) is 0 Å². The van der Waals surface area contributed by atoms with Crippen molar-refractivity contribution in [3.63, 3.8) is 0 Å². The number of sulfonamides is 2. The first-order chi connectivity index (χ1) is 7.94. The minimum absolute atomic E-state index is 0.162. The molecular formula is C8H8BrF2NO4S2. The third-order valence-corrected chi connectivity index (χ3v) is 5.62. The molecule has 0 spiro atoms. The molecule has 0 aromatic heterocycles. The van der Waals surface area contributed by atoms with Gasteiger partial charge in [-0.3, -0.25) is 0 Å². The fraction of sp³-hybridized carbons (Fsp3) is 0.250. The fourth-order valence-electron chi connectivity index (χ4n) is 1.26. The predicted molar refractivity (Wildman–Crippen MR) is 66.2 cm³/mol. The molecule has 0 unspecified atom stereocenters. The third-order valence-electron chi connectivity index (χ3n) is 1.79. The second-order valence-electron chi connectivity index (χ2n) is 3.44. The quantitative estimate of drug-likeness (QED) is 0.762. The summed E-state index contributed by atoms with van der Waals surface area (Å²) in [6.07, 6.45) is 1.15. The Morgan fingerprint density at radius 3 is 1.83 bits per heavy atom. The minimum atomic E-state index is -4.30. The molecule has 0 atom stereocenters. The lowest BCUT2D eigenvalue weighted by Crippen LogP contribution is -2.36. The number of hydrogen-bond acceptors (Lipinski definition) is 4. The van der Waals surface area contributed by atoms with Crippen LogP contribution < -0.4 is 3.71 Å². The molecule has 0 aliphatic rings. The maximum atomic E-state index is 13.6. The van der Waals surface area contributed by atoms with Crippen molar-refractivity contribution in [2.45, 2.75) is 0 Å². The largest absolute Gasteiger partial charge is 0.245 e. The molecule has 0 saturated carbocycles. The summed E-state index contributed by atoms with van der Waals surface area (Å²) in [5, 5.41) is 0. The summed E-state index contributed by atoms with van der Waals surface area (Å²) in [6, 6.07) is 1.13. The van der Waals surface area contributed by atoms with Gasteiger partial charge in [0.05, 0.1) is 17.0 Å². The second-order valence-corrected chi connectivity index (χ2v) is 8.19. The van der Waals surface area contributed by atoms with Gasteiger partial charge in [0.2, 0.25) is 20.0 Å². The number of rotatable bonds is 3. The number of hydrogen-bond donors (Lipinski definition) is 0. The first-order valence-corrected chi connectivity index (χ1v) is 8.78. The molecule has 0 aliphatic heterocycles. The summed E-state index contributed by atoms with van der Waals surface area (Å²) in [4.78, 5) is 0. The van der Waals surface area contributed by atoms with E-state index in [2.05, 4.69) is 15.9 Å². The lowest BCUT2D eigenvalue weighted by atomic mass is 10.3. The van der Waals surface area contributed by atoms with Crippen molar-refractivity contribution in [3.05, 3.63) is 28.2 Å². The standard InChI is InChI=1S/C8H8BrF2NO4S2/c1-17(13,14)12(18(2,15)16)8-4-6(10)5(9)3-7(8)11/h3-4H,1-2H3. The highest BCUT2D eigenvalue weighted by Crippen LogP contribution is 2.29. The van der Waals surface area contributed by atoms with Gasteiger partial charge in [0, 0.05) is 6.07 Å². The lowest BCUT2D eigenvalue weighted by molar-refractivity contribution is 0.580. The first-order valence-electron chi connectivity index (χ1n) is 4.29. The molecule has 1 aromatic rings. The summed E-state index contributed by atoms with van der Waals surface area (Å²) in [7, 11) is -8.61. The van der Waals surface area contributed by atoms with Crippen LogP contribution in [0.4, 0.5) is 14.5 Å². The fourth-order valence-corrected chi connectivity index (χ4v) is 4.53. The number of benzene rings is 1. The molecule has 0 fully saturated rings. The van der Waals surface area contributed by atoms with Crippen LogP contribution in [-0.4, -0.2) is 29.3 Å². The average Bonchev–Trinajstić information content (AvgIpc) is 2.09. The highest BCUT2D eigenvalue weighted by molar-refractivity contribution is 9.10. The van der Waals surface area contributed by atoms with Crippen molar-refractivity contribution in [2.24, 2.45) is 0 Å². The maximum Gasteiger partial charge on any atom is 0.245 e. The molecular weight excluding hydrogens is 356 g/mol. The zero-order valence-electron chi connectivity index (χ0n) is 9.19. The molecule has 0 heterocycles. The van der Waals surface area contributed by atoms with E-state index in [1.165, 1.54) is 0 Å². The lowest BCUT2D eigenvalue weighted by Gasteiger charge is -2.20. The van der Waals surface area contributed by atoms with E-state index in [-0.39, 0.29) is 8.18 Å². The molecule has 102 valence electrons. The van der Waals surface area contributed by atoms with E-state index in [0.717, 1.165) is 0 Å². The van der Waals surface area contributed by atoms with Crippen molar-refractivity contribution in [2.75, 3.05) is 16.2 Å². The van der Waals surface area contributed by atoms with Gasteiger partial charge >= 0.3 is 0 Å². The molecule has 10 heteroatoms. The van der Waals surface area contributed by atoms with Crippen LogP contribution in [0.15, 0.2) is 16.6 Å². The van der Waals surface area contributed by atoms with Crippen molar-refractivity contribution >= 4 is 41.7 Å². The monoisotopic (exact) mass is 363 g/mol. The Hall–Kier alpha value is -0.740. The highest BCUT2D eigenvalue weighted by Gasteiger charge is 2.30. The summed E-state index contributed by atoms with van der Waals surface area (Å²) >= 11 is 2.70. The van der Waals surface area contributed by atoms with Gasteiger partial charge in [-0.15, -0.1) is 0 Å². The average molecular weight is 364 g/mol. The van der Waals surface area contributed by atoms with Gasteiger partial charge in [0.25, 0.3) is 0 Å². The van der Waals surface area contributed by atoms with Crippen LogP contribution in [-0.2, 0) is 20.0 Å². The van der Waals surface area contributed by atoms with E-state index < -0.39 is 37.4 Å².